The molecule has 1 fully saturated rings. The lowest BCUT2D eigenvalue weighted by Gasteiger charge is -2.34. The number of nitrogens with zero attached hydrogens (tertiary/aromatic N) is 3. The fourth-order valence-electron chi connectivity index (χ4n) is 2.42. The van der Waals surface area contributed by atoms with Gasteiger partial charge in [-0.3, -0.25) is 9.10 Å². The third kappa shape index (κ3) is 4.59. The van der Waals surface area contributed by atoms with Gasteiger partial charge in [-0.05, 0) is 31.7 Å². The molecule has 1 amide bonds. The van der Waals surface area contributed by atoms with E-state index in [2.05, 4.69) is 4.90 Å². The minimum Gasteiger partial charge on any atom is -0.339 e. The van der Waals surface area contributed by atoms with Crippen molar-refractivity contribution < 1.29 is 13.2 Å². The second-order valence-corrected chi connectivity index (χ2v) is 8.20. The molecular formula is C15H22ClN3O3S. The van der Waals surface area contributed by atoms with E-state index < -0.39 is 10.0 Å². The molecule has 1 aromatic rings. The number of benzene rings is 1. The van der Waals surface area contributed by atoms with E-state index in [-0.39, 0.29) is 12.5 Å². The first-order chi connectivity index (χ1) is 10.7. The van der Waals surface area contributed by atoms with Crippen molar-refractivity contribution in [2.24, 2.45) is 0 Å². The zero-order chi connectivity index (χ0) is 17.2. The first-order valence-electron chi connectivity index (χ1n) is 7.38. The van der Waals surface area contributed by atoms with Gasteiger partial charge in [0.05, 0.1) is 11.9 Å². The number of hydrogen-bond acceptors (Lipinski definition) is 4. The third-order valence-corrected chi connectivity index (χ3v) is 5.53. The van der Waals surface area contributed by atoms with Crippen molar-refractivity contribution in [1.29, 1.82) is 0 Å². The number of piperazine rings is 1. The van der Waals surface area contributed by atoms with Crippen LogP contribution in [0.5, 0.6) is 0 Å². The van der Waals surface area contributed by atoms with Gasteiger partial charge in [-0.1, -0.05) is 17.7 Å². The van der Waals surface area contributed by atoms with Crippen LogP contribution in [0.15, 0.2) is 18.2 Å². The van der Waals surface area contributed by atoms with Crippen molar-refractivity contribution in [3.63, 3.8) is 0 Å². The highest BCUT2D eigenvalue weighted by atomic mass is 35.5. The second kappa shape index (κ2) is 7.07. The molecule has 0 bridgehead atoms. The van der Waals surface area contributed by atoms with Crippen LogP contribution < -0.4 is 4.31 Å². The summed E-state index contributed by atoms with van der Waals surface area (Å²) < 4.78 is 25.3. The Balaban J connectivity index is 2.19. The minimum absolute atomic E-state index is 0.194. The Morgan fingerprint density at radius 1 is 1.26 bits per heavy atom. The first-order valence-corrected chi connectivity index (χ1v) is 9.61. The van der Waals surface area contributed by atoms with Crippen LogP contribution in [0.4, 0.5) is 5.69 Å². The van der Waals surface area contributed by atoms with Crippen LogP contribution in [-0.4, -0.2) is 70.2 Å². The molecule has 1 aliphatic rings. The summed E-state index contributed by atoms with van der Waals surface area (Å²) in [6.07, 6.45) is 1.10. The number of rotatable bonds is 4. The summed E-state index contributed by atoms with van der Waals surface area (Å²) in [6, 6.07) is 4.99. The van der Waals surface area contributed by atoms with Crippen molar-refractivity contribution >= 4 is 33.2 Å². The third-order valence-electron chi connectivity index (χ3n) is 3.98. The van der Waals surface area contributed by atoms with Gasteiger partial charge < -0.3 is 9.80 Å². The molecule has 128 valence electrons. The van der Waals surface area contributed by atoms with E-state index in [1.807, 2.05) is 14.0 Å². The van der Waals surface area contributed by atoms with E-state index in [0.717, 1.165) is 29.2 Å². The SMILES string of the molecule is Cc1ccc(N(CC(=O)N2CCN(C)CC2)S(C)(=O)=O)cc1Cl. The van der Waals surface area contributed by atoms with Crippen LogP contribution in [0.25, 0.3) is 0 Å². The van der Waals surface area contributed by atoms with Crippen LogP contribution in [-0.2, 0) is 14.8 Å². The summed E-state index contributed by atoms with van der Waals surface area (Å²) in [6.45, 7) is 4.44. The van der Waals surface area contributed by atoms with Crippen LogP contribution >= 0.6 is 11.6 Å². The van der Waals surface area contributed by atoms with E-state index >= 15 is 0 Å². The van der Waals surface area contributed by atoms with E-state index in [4.69, 9.17) is 11.6 Å². The molecule has 0 saturated carbocycles. The van der Waals surface area contributed by atoms with E-state index in [1.54, 1.807) is 23.1 Å². The van der Waals surface area contributed by atoms with Crippen LogP contribution in [0.3, 0.4) is 0 Å². The number of amides is 1. The van der Waals surface area contributed by atoms with Gasteiger partial charge in [0, 0.05) is 31.2 Å². The molecule has 6 nitrogen and oxygen atoms in total. The molecule has 0 radical (unpaired) electrons. The number of aryl methyl sites for hydroxylation is 1. The van der Waals surface area contributed by atoms with E-state index in [0.29, 0.717) is 23.8 Å². The van der Waals surface area contributed by atoms with Gasteiger partial charge in [0.2, 0.25) is 15.9 Å². The minimum atomic E-state index is -3.58. The van der Waals surface area contributed by atoms with Crippen molar-refractivity contribution in [2.75, 3.05) is 50.3 Å². The predicted molar refractivity (Wildman–Crippen MR) is 92.5 cm³/mol. The number of anilines is 1. The molecule has 0 aromatic heterocycles. The summed E-state index contributed by atoms with van der Waals surface area (Å²) in [4.78, 5) is 16.3. The number of carbonyl (C=O) groups is 1. The summed E-state index contributed by atoms with van der Waals surface area (Å²) in [5.41, 5.74) is 1.26. The summed E-state index contributed by atoms with van der Waals surface area (Å²) >= 11 is 6.09. The van der Waals surface area contributed by atoms with Crippen molar-refractivity contribution in [3.8, 4) is 0 Å². The lowest BCUT2D eigenvalue weighted by atomic mass is 10.2. The lowest BCUT2D eigenvalue weighted by Crippen LogP contribution is -2.50. The Labute approximate surface area is 142 Å². The fraction of sp³-hybridized carbons (Fsp3) is 0.533. The monoisotopic (exact) mass is 359 g/mol. The zero-order valence-corrected chi connectivity index (χ0v) is 15.2. The Bertz CT molecular complexity index is 685. The molecule has 0 aliphatic carbocycles. The second-order valence-electron chi connectivity index (χ2n) is 5.89. The van der Waals surface area contributed by atoms with Gasteiger partial charge in [-0.2, -0.15) is 0 Å². The number of hydrogen-bond donors (Lipinski definition) is 0. The first kappa shape index (κ1) is 18.0. The van der Waals surface area contributed by atoms with E-state index in [9.17, 15) is 13.2 Å². The van der Waals surface area contributed by atoms with Crippen molar-refractivity contribution in [2.45, 2.75) is 6.92 Å². The molecule has 1 saturated heterocycles. The van der Waals surface area contributed by atoms with Crippen molar-refractivity contribution in [3.05, 3.63) is 28.8 Å². The number of carbonyl (C=O) groups excluding carboxylic acids is 1. The van der Waals surface area contributed by atoms with Crippen LogP contribution in [0.1, 0.15) is 5.56 Å². The maximum atomic E-state index is 12.5. The lowest BCUT2D eigenvalue weighted by molar-refractivity contribution is -0.131. The van der Waals surface area contributed by atoms with Gasteiger partial charge in [-0.15, -0.1) is 0 Å². The average Bonchev–Trinajstić information content (AvgIpc) is 2.47. The molecule has 23 heavy (non-hydrogen) atoms. The van der Waals surface area contributed by atoms with Gasteiger partial charge in [0.15, 0.2) is 0 Å². The topological polar surface area (TPSA) is 60.9 Å². The molecular weight excluding hydrogens is 338 g/mol. The fourth-order valence-corrected chi connectivity index (χ4v) is 3.43. The Morgan fingerprint density at radius 3 is 2.39 bits per heavy atom. The Hall–Kier alpha value is -1.31. The maximum Gasteiger partial charge on any atom is 0.243 e. The molecule has 2 rings (SSSR count). The highest BCUT2D eigenvalue weighted by molar-refractivity contribution is 7.92. The van der Waals surface area contributed by atoms with Gasteiger partial charge in [0.1, 0.15) is 6.54 Å². The number of halogens is 1. The Morgan fingerprint density at radius 2 is 1.87 bits per heavy atom. The molecule has 0 atom stereocenters. The molecule has 0 spiro atoms. The van der Waals surface area contributed by atoms with Gasteiger partial charge in [0.25, 0.3) is 0 Å². The number of sulfonamides is 1. The maximum absolute atomic E-state index is 12.5. The van der Waals surface area contributed by atoms with E-state index in [1.165, 1.54) is 0 Å². The highest BCUT2D eigenvalue weighted by Crippen LogP contribution is 2.25. The van der Waals surface area contributed by atoms with Crippen LogP contribution in [0, 0.1) is 6.92 Å². The summed E-state index contributed by atoms with van der Waals surface area (Å²) in [7, 11) is -1.58. The molecule has 0 N–H and O–H groups in total. The molecule has 8 heteroatoms. The average molecular weight is 360 g/mol. The highest BCUT2D eigenvalue weighted by Gasteiger charge is 2.26. The normalized spacial score (nSPS) is 16.4. The largest absolute Gasteiger partial charge is 0.339 e. The molecule has 1 aromatic carbocycles. The molecule has 1 aliphatic heterocycles. The van der Waals surface area contributed by atoms with Crippen molar-refractivity contribution in [1.82, 2.24) is 9.80 Å². The summed E-state index contributed by atoms with van der Waals surface area (Å²) in [5.74, 6) is -0.194. The smallest absolute Gasteiger partial charge is 0.243 e. The molecule has 1 heterocycles. The predicted octanol–water partition coefficient (Wildman–Crippen LogP) is 1.19. The van der Waals surface area contributed by atoms with Gasteiger partial charge in [-0.25, -0.2) is 8.42 Å². The molecule has 0 unspecified atom stereocenters. The number of likely N-dealkylation sites (N-methyl/N-ethyl adjacent to an activating group) is 1. The zero-order valence-electron chi connectivity index (χ0n) is 13.6. The standard InChI is InChI=1S/C15H22ClN3O3S/c1-12-4-5-13(10-14(12)16)19(23(3,21)22)11-15(20)18-8-6-17(2)7-9-18/h4-5,10H,6-9,11H2,1-3H3. The van der Waals surface area contributed by atoms with Gasteiger partial charge >= 0.3 is 0 Å². The summed E-state index contributed by atoms with van der Waals surface area (Å²) in [5, 5.41) is 0.475. The quantitative estimate of drug-likeness (QED) is 0.810. The Kier molecular flexibility index (Phi) is 5.54. The van der Waals surface area contributed by atoms with Crippen LogP contribution in [0.2, 0.25) is 5.02 Å².